The number of allylic oxidation sites excluding steroid dienone is 1. The van der Waals surface area contributed by atoms with Gasteiger partial charge < -0.3 is 15.2 Å². The number of rotatable bonds is 7. The average Bonchev–Trinajstić information content (AvgIpc) is 2.55. The molecule has 2 rings (SSSR count). The molecule has 2 N–H and O–H groups in total. The van der Waals surface area contributed by atoms with Crippen LogP contribution in [0.1, 0.15) is 18.1 Å². The van der Waals surface area contributed by atoms with Crippen molar-refractivity contribution in [2.45, 2.75) is 13.5 Å². The summed E-state index contributed by atoms with van der Waals surface area (Å²) in [5.74, 6) is 0.212. The second-order valence-electron chi connectivity index (χ2n) is 5.30. The first kappa shape index (κ1) is 16.7. The van der Waals surface area contributed by atoms with Crippen LogP contribution >= 0.6 is 0 Å². The minimum absolute atomic E-state index is 0.212. The summed E-state index contributed by atoms with van der Waals surface area (Å²) in [6.45, 7) is 11.6. The molecule has 1 saturated heterocycles. The van der Waals surface area contributed by atoms with Crippen molar-refractivity contribution < 1.29 is 9.84 Å². The molecule has 0 radical (unpaired) electrons. The lowest BCUT2D eigenvalue weighted by atomic mass is 10.1. The molecule has 22 heavy (non-hydrogen) atoms. The molecule has 5 heteroatoms. The van der Waals surface area contributed by atoms with Gasteiger partial charge in [-0.05, 0) is 13.6 Å². The molecule has 120 valence electrons. The summed E-state index contributed by atoms with van der Waals surface area (Å²) >= 11 is 0. The number of hydrogen-bond acceptors (Lipinski definition) is 5. The Morgan fingerprint density at radius 3 is 2.86 bits per heavy atom. The van der Waals surface area contributed by atoms with Crippen molar-refractivity contribution in [2.24, 2.45) is 4.99 Å². The van der Waals surface area contributed by atoms with E-state index in [-0.39, 0.29) is 5.75 Å². The summed E-state index contributed by atoms with van der Waals surface area (Å²) in [6, 6.07) is 3.89. The molecular formula is C17H25N3O2. The van der Waals surface area contributed by atoms with E-state index in [1.54, 1.807) is 0 Å². The van der Waals surface area contributed by atoms with Gasteiger partial charge >= 0.3 is 0 Å². The lowest BCUT2D eigenvalue weighted by Gasteiger charge is -2.26. The largest absolute Gasteiger partial charge is 0.505 e. The van der Waals surface area contributed by atoms with Gasteiger partial charge in [0.05, 0.1) is 13.2 Å². The fraction of sp³-hybridized carbons (Fsp3) is 0.471. The number of ether oxygens (including phenoxy) is 1. The molecule has 0 aliphatic carbocycles. The Labute approximate surface area is 132 Å². The molecule has 1 aromatic carbocycles. The molecule has 1 aliphatic rings. The molecule has 0 bridgehead atoms. The van der Waals surface area contributed by atoms with Gasteiger partial charge in [0, 0.05) is 43.9 Å². The van der Waals surface area contributed by atoms with Crippen molar-refractivity contribution in [1.82, 2.24) is 10.2 Å². The van der Waals surface area contributed by atoms with E-state index in [1.807, 2.05) is 31.2 Å². The Morgan fingerprint density at radius 1 is 1.41 bits per heavy atom. The molecule has 1 aliphatic heterocycles. The highest BCUT2D eigenvalue weighted by Gasteiger charge is 2.11. The summed E-state index contributed by atoms with van der Waals surface area (Å²) in [5.41, 5.74) is 2.27. The van der Waals surface area contributed by atoms with Crippen LogP contribution in [0.3, 0.4) is 0 Å². The number of phenols is 1. The van der Waals surface area contributed by atoms with Crippen molar-refractivity contribution in [1.29, 1.82) is 0 Å². The third-order valence-corrected chi connectivity index (χ3v) is 3.79. The summed E-state index contributed by atoms with van der Waals surface area (Å²) in [5, 5.41) is 13.7. The third-order valence-electron chi connectivity index (χ3n) is 3.79. The highest BCUT2D eigenvalue weighted by atomic mass is 16.5. The number of aliphatic imine (C=N–C) groups is 1. The Morgan fingerprint density at radius 2 is 2.18 bits per heavy atom. The second kappa shape index (κ2) is 8.68. The summed E-state index contributed by atoms with van der Waals surface area (Å²) in [4.78, 5) is 6.33. The van der Waals surface area contributed by atoms with Gasteiger partial charge in [0.15, 0.2) is 0 Å². The molecular weight excluding hydrogens is 278 g/mol. The van der Waals surface area contributed by atoms with Gasteiger partial charge in [0.1, 0.15) is 11.4 Å². The van der Waals surface area contributed by atoms with Crippen molar-refractivity contribution in [3.8, 4) is 5.75 Å². The van der Waals surface area contributed by atoms with Crippen LogP contribution in [0.25, 0.3) is 6.08 Å². The highest BCUT2D eigenvalue weighted by Crippen LogP contribution is 2.34. The quantitative estimate of drug-likeness (QED) is 0.599. The molecule has 0 spiro atoms. The van der Waals surface area contributed by atoms with Crippen molar-refractivity contribution in [2.75, 3.05) is 39.4 Å². The van der Waals surface area contributed by atoms with E-state index in [9.17, 15) is 5.11 Å². The molecule has 1 aromatic rings. The van der Waals surface area contributed by atoms with Gasteiger partial charge in [0.25, 0.3) is 0 Å². The lowest BCUT2D eigenvalue weighted by Crippen LogP contribution is -2.40. The Kier molecular flexibility index (Phi) is 6.58. The van der Waals surface area contributed by atoms with Gasteiger partial charge in [-0.15, -0.1) is 0 Å². The minimum atomic E-state index is 0.212. The smallest absolute Gasteiger partial charge is 0.146 e. The molecule has 0 atom stereocenters. The van der Waals surface area contributed by atoms with Gasteiger partial charge in [-0.3, -0.25) is 9.89 Å². The van der Waals surface area contributed by atoms with Crippen molar-refractivity contribution in [3.63, 3.8) is 0 Å². The second-order valence-corrected chi connectivity index (χ2v) is 5.30. The lowest BCUT2D eigenvalue weighted by molar-refractivity contribution is 0.0384. The zero-order chi connectivity index (χ0) is 15.8. The summed E-state index contributed by atoms with van der Waals surface area (Å²) in [6.07, 6.45) is 3.84. The highest BCUT2D eigenvalue weighted by molar-refractivity contribution is 5.73. The summed E-state index contributed by atoms with van der Waals surface area (Å²) < 4.78 is 5.33. The van der Waals surface area contributed by atoms with Gasteiger partial charge in [-0.25, -0.2) is 0 Å². The predicted octanol–water partition coefficient (Wildman–Crippen LogP) is 2.18. The molecule has 0 unspecified atom stereocenters. The molecule has 1 heterocycles. The number of nitrogens with one attached hydrogen (secondary N) is 1. The van der Waals surface area contributed by atoms with E-state index >= 15 is 0 Å². The van der Waals surface area contributed by atoms with Crippen LogP contribution in [0.2, 0.25) is 0 Å². The van der Waals surface area contributed by atoms with E-state index in [0.717, 1.165) is 50.5 Å². The van der Waals surface area contributed by atoms with E-state index < -0.39 is 0 Å². The van der Waals surface area contributed by atoms with E-state index in [1.165, 1.54) is 0 Å². The first-order chi connectivity index (χ1) is 10.8. The molecule has 5 nitrogen and oxygen atoms in total. The topological polar surface area (TPSA) is 57.1 Å². The molecule has 0 saturated carbocycles. The fourth-order valence-electron chi connectivity index (χ4n) is 2.54. The minimum Gasteiger partial charge on any atom is -0.505 e. The monoisotopic (exact) mass is 303 g/mol. The number of hydrogen-bond donors (Lipinski definition) is 2. The van der Waals surface area contributed by atoms with E-state index in [2.05, 4.69) is 21.9 Å². The normalized spacial score (nSPS) is 16.2. The van der Waals surface area contributed by atoms with Gasteiger partial charge in [0.2, 0.25) is 0 Å². The van der Waals surface area contributed by atoms with Crippen LogP contribution in [0.4, 0.5) is 5.69 Å². The van der Waals surface area contributed by atoms with Crippen LogP contribution in [-0.2, 0) is 11.3 Å². The van der Waals surface area contributed by atoms with Crippen LogP contribution in [0.15, 0.2) is 23.2 Å². The van der Waals surface area contributed by atoms with E-state index in [4.69, 9.17) is 4.74 Å². The molecule has 0 aromatic heterocycles. The molecule has 0 amide bonds. The average molecular weight is 303 g/mol. The summed E-state index contributed by atoms with van der Waals surface area (Å²) in [7, 11) is 0. The number of aromatic hydroxyl groups is 1. The standard InChI is InChI=1S/C17H25N3O2/c1-3-4-14-5-6-15(17(21)16(14)18-2)13-19-7-8-20-9-11-22-12-10-20/h3-6,19,21H,2,7-13H2,1H3/b4-3-. The zero-order valence-electron chi connectivity index (χ0n) is 13.2. The van der Waals surface area contributed by atoms with Crippen LogP contribution in [0, 0.1) is 0 Å². The van der Waals surface area contributed by atoms with Gasteiger partial charge in [-0.1, -0.05) is 24.3 Å². The first-order valence-electron chi connectivity index (χ1n) is 7.71. The van der Waals surface area contributed by atoms with Crippen molar-refractivity contribution >= 4 is 18.5 Å². The maximum absolute atomic E-state index is 10.3. The van der Waals surface area contributed by atoms with Crippen LogP contribution in [0.5, 0.6) is 5.75 Å². The Balaban J connectivity index is 1.88. The maximum atomic E-state index is 10.3. The Hall–Kier alpha value is -1.69. The molecule has 1 fully saturated rings. The Bertz CT molecular complexity index is 523. The maximum Gasteiger partial charge on any atom is 0.146 e. The number of phenolic OH excluding ortho intramolecular Hbond substituents is 1. The fourth-order valence-corrected chi connectivity index (χ4v) is 2.54. The van der Waals surface area contributed by atoms with Crippen LogP contribution in [-0.4, -0.2) is 56.1 Å². The number of morpholine rings is 1. The third kappa shape index (κ3) is 4.40. The van der Waals surface area contributed by atoms with Crippen molar-refractivity contribution in [3.05, 3.63) is 29.3 Å². The number of benzene rings is 1. The predicted molar refractivity (Wildman–Crippen MR) is 91.0 cm³/mol. The zero-order valence-corrected chi connectivity index (χ0v) is 13.2. The SMILES string of the molecule is C=Nc1c(/C=C\C)ccc(CNCCN2CCOCC2)c1O. The number of nitrogens with zero attached hydrogens (tertiary/aromatic N) is 2. The first-order valence-corrected chi connectivity index (χ1v) is 7.71. The van der Waals surface area contributed by atoms with E-state index in [0.29, 0.717) is 12.2 Å². The van der Waals surface area contributed by atoms with Gasteiger partial charge in [-0.2, -0.15) is 0 Å². The van der Waals surface area contributed by atoms with Crippen LogP contribution < -0.4 is 5.32 Å².